The monoisotopic (exact) mass is 758 g/mol. The van der Waals surface area contributed by atoms with E-state index in [4.69, 9.17) is 0 Å². The maximum absolute atomic E-state index is 2.43. The summed E-state index contributed by atoms with van der Waals surface area (Å²) >= 11 is 0. The van der Waals surface area contributed by atoms with Crippen molar-refractivity contribution in [2.45, 2.75) is 0 Å². The molecule has 0 bridgehead atoms. The van der Waals surface area contributed by atoms with Gasteiger partial charge in [-0.05, 0) is 138 Å². The van der Waals surface area contributed by atoms with Gasteiger partial charge in [-0.15, -0.1) is 0 Å². The standard InChI is InChI=1S/C60H38/c1-3-16-44-36-46(29-26-39(44)12-1)47-30-28-43-32-33-51(48-31-27-40-13-2-4-17-45(40)37-48)59(58(43)38-47)57-35-34-56(53-23-10-19-42-15-6-8-21-50(42)53)60-54(24-11-25-55(57)60)52-22-9-18-41-14-5-7-20-49(41)52/h1-38H. The normalized spacial score (nSPS) is 11.7. The summed E-state index contributed by atoms with van der Waals surface area (Å²) in [5.74, 6) is 0. The lowest BCUT2D eigenvalue weighted by atomic mass is 9.82. The Hall–Kier alpha value is -7.80. The van der Waals surface area contributed by atoms with Crippen LogP contribution in [-0.4, -0.2) is 0 Å². The summed E-state index contributed by atoms with van der Waals surface area (Å²) < 4.78 is 0. The zero-order valence-corrected chi connectivity index (χ0v) is 32.9. The molecule has 0 spiro atoms. The first-order valence-electron chi connectivity index (χ1n) is 20.8. The summed E-state index contributed by atoms with van der Waals surface area (Å²) in [6, 6.07) is 85.5. The van der Waals surface area contributed by atoms with Crippen LogP contribution in [0.2, 0.25) is 0 Å². The summed E-state index contributed by atoms with van der Waals surface area (Å²) in [5.41, 5.74) is 12.3. The van der Waals surface area contributed by atoms with Crippen molar-refractivity contribution in [1.29, 1.82) is 0 Å². The molecule has 12 rings (SSSR count). The number of hydrogen-bond acceptors (Lipinski definition) is 0. The predicted molar refractivity (Wildman–Crippen MR) is 259 cm³/mol. The summed E-state index contributed by atoms with van der Waals surface area (Å²) in [6.45, 7) is 0. The van der Waals surface area contributed by atoms with Gasteiger partial charge in [-0.25, -0.2) is 0 Å². The van der Waals surface area contributed by atoms with Crippen LogP contribution in [0.4, 0.5) is 0 Å². The Labute approximate surface area is 349 Å². The van der Waals surface area contributed by atoms with E-state index in [9.17, 15) is 0 Å². The van der Waals surface area contributed by atoms with Crippen molar-refractivity contribution in [2.24, 2.45) is 0 Å². The molecule has 0 aromatic heterocycles. The number of benzene rings is 12. The van der Waals surface area contributed by atoms with E-state index in [1.807, 2.05) is 0 Å². The van der Waals surface area contributed by atoms with Gasteiger partial charge in [0.15, 0.2) is 0 Å². The largest absolute Gasteiger partial charge is 0.0616 e. The molecular weight excluding hydrogens is 721 g/mol. The summed E-state index contributed by atoms with van der Waals surface area (Å²) in [7, 11) is 0. The van der Waals surface area contributed by atoms with E-state index in [1.165, 1.54) is 120 Å². The number of fused-ring (bicyclic) bond motifs is 6. The average molecular weight is 759 g/mol. The van der Waals surface area contributed by atoms with Crippen LogP contribution in [0.15, 0.2) is 231 Å². The Balaban J connectivity index is 1.20. The van der Waals surface area contributed by atoms with Gasteiger partial charge in [0.05, 0.1) is 0 Å². The molecule has 0 heteroatoms. The second-order valence-electron chi connectivity index (χ2n) is 16.0. The molecule has 0 N–H and O–H groups in total. The van der Waals surface area contributed by atoms with E-state index in [1.54, 1.807) is 0 Å². The van der Waals surface area contributed by atoms with Crippen LogP contribution in [0.5, 0.6) is 0 Å². The Bertz CT molecular complexity index is 3560. The minimum absolute atomic E-state index is 1.21. The van der Waals surface area contributed by atoms with Crippen LogP contribution in [0, 0.1) is 0 Å². The molecule has 60 heavy (non-hydrogen) atoms. The number of rotatable bonds is 5. The fourth-order valence-corrected chi connectivity index (χ4v) is 9.75. The molecule has 0 saturated carbocycles. The van der Waals surface area contributed by atoms with Crippen molar-refractivity contribution in [3.8, 4) is 55.6 Å². The van der Waals surface area contributed by atoms with Crippen LogP contribution in [0.25, 0.3) is 120 Å². The van der Waals surface area contributed by atoms with Gasteiger partial charge in [-0.3, -0.25) is 0 Å². The van der Waals surface area contributed by atoms with Gasteiger partial charge >= 0.3 is 0 Å². The molecule has 0 fully saturated rings. The van der Waals surface area contributed by atoms with E-state index in [-0.39, 0.29) is 0 Å². The van der Waals surface area contributed by atoms with E-state index in [0.717, 1.165) is 0 Å². The third kappa shape index (κ3) is 5.61. The summed E-state index contributed by atoms with van der Waals surface area (Å²) in [6.07, 6.45) is 0. The fourth-order valence-electron chi connectivity index (χ4n) is 9.75. The lowest BCUT2D eigenvalue weighted by Crippen LogP contribution is -1.94. The van der Waals surface area contributed by atoms with Crippen molar-refractivity contribution < 1.29 is 0 Å². The van der Waals surface area contributed by atoms with Gasteiger partial charge in [-0.1, -0.05) is 212 Å². The second kappa shape index (κ2) is 13.9. The highest BCUT2D eigenvalue weighted by Crippen LogP contribution is 2.48. The van der Waals surface area contributed by atoms with E-state index in [0.29, 0.717) is 0 Å². The third-order valence-electron chi connectivity index (χ3n) is 12.6. The molecule has 0 radical (unpaired) electrons. The fraction of sp³-hybridized carbons (Fsp3) is 0. The zero-order valence-electron chi connectivity index (χ0n) is 32.9. The molecule has 0 nitrogen and oxygen atoms in total. The van der Waals surface area contributed by atoms with E-state index < -0.39 is 0 Å². The van der Waals surface area contributed by atoms with Crippen LogP contribution in [0.1, 0.15) is 0 Å². The first kappa shape index (κ1) is 34.3. The highest BCUT2D eigenvalue weighted by molar-refractivity contribution is 6.20. The van der Waals surface area contributed by atoms with Crippen LogP contribution in [0.3, 0.4) is 0 Å². The van der Waals surface area contributed by atoms with Crippen LogP contribution >= 0.6 is 0 Å². The highest BCUT2D eigenvalue weighted by Gasteiger charge is 2.21. The summed E-state index contributed by atoms with van der Waals surface area (Å²) in [4.78, 5) is 0. The van der Waals surface area contributed by atoms with Gasteiger partial charge in [0.1, 0.15) is 0 Å². The number of hydrogen-bond donors (Lipinski definition) is 0. The minimum Gasteiger partial charge on any atom is -0.0616 e. The third-order valence-corrected chi connectivity index (χ3v) is 12.6. The molecule has 0 aliphatic carbocycles. The van der Waals surface area contributed by atoms with Crippen molar-refractivity contribution in [1.82, 2.24) is 0 Å². The smallest absolute Gasteiger partial charge is 0.00201 e. The molecule has 0 unspecified atom stereocenters. The first-order chi connectivity index (χ1) is 29.7. The van der Waals surface area contributed by atoms with Crippen molar-refractivity contribution in [3.63, 3.8) is 0 Å². The van der Waals surface area contributed by atoms with Gasteiger partial charge in [0.2, 0.25) is 0 Å². The molecule has 0 amide bonds. The van der Waals surface area contributed by atoms with Crippen molar-refractivity contribution in [2.75, 3.05) is 0 Å². The van der Waals surface area contributed by atoms with Gasteiger partial charge in [-0.2, -0.15) is 0 Å². The molecule has 0 heterocycles. The van der Waals surface area contributed by atoms with E-state index in [2.05, 4.69) is 231 Å². The van der Waals surface area contributed by atoms with Crippen LogP contribution in [-0.2, 0) is 0 Å². The van der Waals surface area contributed by atoms with Crippen molar-refractivity contribution in [3.05, 3.63) is 231 Å². The summed E-state index contributed by atoms with van der Waals surface area (Å²) in [5, 5.41) is 14.9. The molecule has 0 saturated heterocycles. The van der Waals surface area contributed by atoms with Crippen LogP contribution < -0.4 is 0 Å². The van der Waals surface area contributed by atoms with Crippen molar-refractivity contribution >= 4 is 64.6 Å². The topological polar surface area (TPSA) is 0 Å². The Morgan fingerprint density at radius 2 is 0.583 bits per heavy atom. The second-order valence-corrected chi connectivity index (χ2v) is 16.0. The molecule has 0 aliphatic heterocycles. The predicted octanol–water partition coefficient (Wildman–Crippen LogP) is 16.9. The maximum atomic E-state index is 2.43. The van der Waals surface area contributed by atoms with Gasteiger partial charge in [0, 0.05) is 0 Å². The molecular formula is C60H38. The molecule has 12 aromatic rings. The Kier molecular flexibility index (Phi) is 7.96. The van der Waals surface area contributed by atoms with Gasteiger partial charge < -0.3 is 0 Å². The molecule has 0 aliphatic rings. The Morgan fingerprint density at radius 3 is 1.25 bits per heavy atom. The lowest BCUT2D eigenvalue weighted by Gasteiger charge is -2.21. The molecule has 12 aromatic carbocycles. The first-order valence-corrected chi connectivity index (χ1v) is 20.8. The minimum atomic E-state index is 1.21. The van der Waals surface area contributed by atoms with Gasteiger partial charge in [0.25, 0.3) is 0 Å². The molecule has 0 atom stereocenters. The van der Waals surface area contributed by atoms with E-state index >= 15 is 0 Å². The quantitative estimate of drug-likeness (QED) is 0.164. The highest BCUT2D eigenvalue weighted by atomic mass is 14.2. The lowest BCUT2D eigenvalue weighted by molar-refractivity contribution is 1.62. The maximum Gasteiger partial charge on any atom is -0.00201 e. The SMILES string of the molecule is c1ccc2cc(-c3ccc4ccc(-c5ccc6ccccc6c5)c(-c5ccc(-c6cccc7ccccc67)c6c(-c7cccc8ccccc78)cccc56)c4c3)ccc2c1. The molecule has 278 valence electrons. The average Bonchev–Trinajstić information content (AvgIpc) is 3.32. The zero-order chi connectivity index (χ0) is 39.6. The Morgan fingerprint density at radius 1 is 0.183 bits per heavy atom.